The summed E-state index contributed by atoms with van der Waals surface area (Å²) in [6.07, 6.45) is 0. The quantitative estimate of drug-likeness (QED) is 0.528. The Labute approximate surface area is 188 Å². The molecule has 10 nitrogen and oxygen atoms in total. The number of nitro groups is 1. The molecule has 0 atom stereocenters. The van der Waals surface area contributed by atoms with Crippen LogP contribution in [0.5, 0.6) is 0 Å². The van der Waals surface area contributed by atoms with Crippen LogP contribution in [0.25, 0.3) is 0 Å². The lowest BCUT2D eigenvalue weighted by atomic mass is 10.1. The van der Waals surface area contributed by atoms with Crippen LogP contribution in [0.2, 0.25) is 0 Å². The summed E-state index contributed by atoms with van der Waals surface area (Å²) in [6, 6.07) is 8.88. The standard InChI is InChI=1S/C20H20N4O6S2/c1-13-2-4-15(24(27)28)11-18(13)32(29,30)23-8-6-22(7-9-23)20(26)14-3-5-17-16(10-14)21-19(25)12-31-17/h2-5,10-11H,6-9,12H2,1H3,(H,21,25). The summed E-state index contributed by atoms with van der Waals surface area (Å²) < 4.78 is 27.4. The molecule has 0 aromatic heterocycles. The highest BCUT2D eigenvalue weighted by Crippen LogP contribution is 2.32. The molecule has 1 saturated heterocycles. The molecule has 4 rings (SSSR count). The zero-order valence-electron chi connectivity index (χ0n) is 17.1. The molecule has 0 aliphatic carbocycles. The minimum Gasteiger partial charge on any atom is -0.336 e. The lowest BCUT2D eigenvalue weighted by Crippen LogP contribution is -2.50. The number of hydrogen-bond donors (Lipinski definition) is 1. The summed E-state index contributed by atoms with van der Waals surface area (Å²) in [5, 5.41) is 13.8. The van der Waals surface area contributed by atoms with Gasteiger partial charge in [0, 0.05) is 48.8 Å². The maximum Gasteiger partial charge on any atom is 0.270 e. The fraction of sp³-hybridized carbons (Fsp3) is 0.300. The van der Waals surface area contributed by atoms with Gasteiger partial charge in [0.25, 0.3) is 11.6 Å². The van der Waals surface area contributed by atoms with Gasteiger partial charge < -0.3 is 10.2 Å². The maximum atomic E-state index is 13.1. The number of carbonyl (C=O) groups is 2. The monoisotopic (exact) mass is 476 g/mol. The van der Waals surface area contributed by atoms with Crippen molar-refractivity contribution in [3.05, 3.63) is 57.6 Å². The van der Waals surface area contributed by atoms with Crippen molar-refractivity contribution < 1.29 is 22.9 Å². The van der Waals surface area contributed by atoms with Crippen LogP contribution in [0, 0.1) is 17.0 Å². The second kappa shape index (κ2) is 8.52. The second-order valence-corrected chi connectivity index (χ2v) is 10.4. The van der Waals surface area contributed by atoms with E-state index in [-0.39, 0.29) is 48.6 Å². The predicted molar refractivity (Wildman–Crippen MR) is 118 cm³/mol. The molecule has 2 amide bonds. The topological polar surface area (TPSA) is 130 Å². The van der Waals surface area contributed by atoms with Crippen LogP contribution in [0.4, 0.5) is 11.4 Å². The summed E-state index contributed by atoms with van der Waals surface area (Å²) in [6.45, 7) is 2.11. The van der Waals surface area contributed by atoms with Crippen molar-refractivity contribution in [1.29, 1.82) is 0 Å². The first-order valence-corrected chi connectivity index (χ1v) is 12.2. The van der Waals surface area contributed by atoms with Crippen molar-refractivity contribution >= 4 is 45.0 Å². The Morgan fingerprint density at radius 3 is 2.53 bits per heavy atom. The fourth-order valence-electron chi connectivity index (χ4n) is 3.65. The van der Waals surface area contributed by atoms with Gasteiger partial charge in [0.2, 0.25) is 15.9 Å². The average Bonchev–Trinajstić information content (AvgIpc) is 2.78. The number of nitro benzene ring substituents is 1. The molecule has 0 radical (unpaired) electrons. The van der Waals surface area contributed by atoms with Gasteiger partial charge in [0.15, 0.2) is 0 Å². The number of fused-ring (bicyclic) bond motifs is 1. The van der Waals surface area contributed by atoms with Crippen LogP contribution in [-0.2, 0) is 14.8 Å². The Bertz CT molecular complexity index is 1220. The number of nitrogens with one attached hydrogen (secondary N) is 1. The van der Waals surface area contributed by atoms with E-state index in [0.29, 0.717) is 22.6 Å². The van der Waals surface area contributed by atoms with Crippen LogP contribution in [-0.4, -0.2) is 66.3 Å². The Kier molecular flexibility index (Phi) is 5.93. The van der Waals surface area contributed by atoms with Gasteiger partial charge in [-0.15, -0.1) is 11.8 Å². The minimum atomic E-state index is -3.94. The first kappa shape index (κ1) is 22.2. The van der Waals surface area contributed by atoms with Gasteiger partial charge in [0.05, 0.1) is 21.3 Å². The number of piperazine rings is 1. The third-order valence-electron chi connectivity index (χ3n) is 5.39. The molecule has 0 unspecified atom stereocenters. The summed E-state index contributed by atoms with van der Waals surface area (Å²) in [5.41, 5.74) is 1.14. The summed E-state index contributed by atoms with van der Waals surface area (Å²) in [5.74, 6) is -0.0376. The van der Waals surface area contributed by atoms with E-state index in [4.69, 9.17) is 0 Å². The number of nitrogens with zero attached hydrogens (tertiary/aromatic N) is 3. The van der Waals surface area contributed by atoms with Crippen molar-refractivity contribution in [3.8, 4) is 0 Å². The molecule has 2 aliphatic heterocycles. The van der Waals surface area contributed by atoms with Gasteiger partial charge in [-0.05, 0) is 30.7 Å². The first-order chi connectivity index (χ1) is 15.2. The second-order valence-electron chi connectivity index (χ2n) is 7.45. The van der Waals surface area contributed by atoms with Crippen LogP contribution >= 0.6 is 11.8 Å². The van der Waals surface area contributed by atoms with E-state index < -0.39 is 14.9 Å². The third kappa shape index (κ3) is 4.20. The molecule has 168 valence electrons. The smallest absolute Gasteiger partial charge is 0.270 e. The first-order valence-electron chi connectivity index (χ1n) is 9.78. The van der Waals surface area contributed by atoms with Crippen molar-refractivity contribution in [1.82, 2.24) is 9.21 Å². The summed E-state index contributed by atoms with van der Waals surface area (Å²) in [7, 11) is -3.94. The van der Waals surface area contributed by atoms with Gasteiger partial charge in [-0.3, -0.25) is 19.7 Å². The Morgan fingerprint density at radius 2 is 1.84 bits per heavy atom. The van der Waals surface area contributed by atoms with Gasteiger partial charge in [-0.1, -0.05) is 6.07 Å². The third-order valence-corrected chi connectivity index (χ3v) is 8.50. The highest BCUT2D eigenvalue weighted by atomic mass is 32.2. The van der Waals surface area contributed by atoms with Crippen molar-refractivity contribution in [2.24, 2.45) is 0 Å². The molecule has 2 aromatic rings. The molecule has 32 heavy (non-hydrogen) atoms. The van der Waals surface area contributed by atoms with Gasteiger partial charge in [-0.2, -0.15) is 4.31 Å². The Morgan fingerprint density at radius 1 is 1.12 bits per heavy atom. The normalized spacial score (nSPS) is 16.9. The highest BCUT2D eigenvalue weighted by molar-refractivity contribution is 8.00. The number of hydrogen-bond acceptors (Lipinski definition) is 7. The molecular formula is C20H20N4O6S2. The van der Waals surface area contributed by atoms with E-state index in [1.165, 1.54) is 28.2 Å². The lowest BCUT2D eigenvalue weighted by molar-refractivity contribution is -0.385. The number of benzene rings is 2. The number of carbonyl (C=O) groups excluding carboxylic acids is 2. The van der Waals surface area contributed by atoms with E-state index in [2.05, 4.69) is 5.32 Å². The number of non-ortho nitro benzene ring substituents is 1. The molecule has 2 aromatic carbocycles. The largest absolute Gasteiger partial charge is 0.336 e. The van der Waals surface area contributed by atoms with Crippen LogP contribution in [0.3, 0.4) is 0 Å². The number of sulfonamides is 1. The number of thioether (sulfide) groups is 1. The average molecular weight is 477 g/mol. The zero-order chi connectivity index (χ0) is 23.0. The minimum absolute atomic E-state index is 0.0771. The molecule has 1 fully saturated rings. The zero-order valence-corrected chi connectivity index (χ0v) is 18.7. The lowest BCUT2D eigenvalue weighted by Gasteiger charge is -2.34. The molecule has 12 heteroatoms. The van der Waals surface area contributed by atoms with Crippen molar-refractivity contribution in [2.45, 2.75) is 16.7 Å². The molecule has 2 aliphatic rings. The van der Waals surface area contributed by atoms with E-state index in [0.717, 1.165) is 11.0 Å². The van der Waals surface area contributed by atoms with E-state index in [1.54, 1.807) is 30.0 Å². The molecular weight excluding hydrogens is 456 g/mol. The van der Waals surface area contributed by atoms with E-state index in [1.807, 2.05) is 0 Å². The highest BCUT2D eigenvalue weighted by Gasteiger charge is 2.32. The summed E-state index contributed by atoms with van der Waals surface area (Å²) in [4.78, 5) is 37.3. The summed E-state index contributed by atoms with van der Waals surface area (Å²) >= 11 is 1.41. The fourth-order valence-corrected chi connectivity index (χ4v) is 6.10. The van der Waals surface area contributed by atoms with Crippen LogP contribution in [0.15, 0.2) is 46.2 Å². The van der Waals surface area contributed by atoms with Crippen molar-refractivity contribution in [2.75, 3.05) is 37.2 Å². The van der Waals surface area contributed by atoms with Crippen LogP contribution in [0.1, 0.15) is 15.9 Å². The molecule has 0 bridgehead atoms. The van der Waals surface area contributed by atoms with Crippen LogP contribution < -0.4 is 5.32 Å². The Balaban J connectivity index is 1.48. The van der Waals surface area contributed by atoms with Gasteiger partial charge in [-0.25, -0.2) is 8.42 Å². The molecule has 0 spiro atoms. The molecule has 2 heterocycles. The SMILES string of the molecule is Cc1ccc([N+](=O)[O-])cc1S(=O)(=O)N1CCN(C(=O)c2ccc3c(c2)NC(=O)CS3)CC1. The number of aryl methyl sites for hydroxylation is 1. The number of rotatable bonds is 4. The van der Waals surface area contributed by atoms with Gasteiger partial charge >= 0.3 is 0 Å². The molecule has 0 saturated carbocycles. The number of anilines is 1. The van der Waals surface area contributed by atoms with Crippen molar-refractivity contribution in [3.63, 3.8) is 0 Å². The predicted octanol–water partition coefficient (Wildman–Crippen LogP) is 2.09. The molecule has 1 N–H and O–H groups in total. The van der Waals surface area contributed by atoms with E-state index >= 15 is 0 Å². The van der Waals surface area contributed by atoms with E-state index in [9.17, 15) is 28.1 Å². The van der Waals surface area contributed by atoms with Gasteiger partial charge in [0.1, 0.15) is 0 Å². The number of amides is 2. The Hall–Kier alpha value is -2.96. The maximum absolute atomic E-state index is 13.1.